The molecule has 0 aromatic rings. The van der Waals surface area contributed by atoms with Gasteiger partial charge in [0, 0.05) is 17.6 Å². The highest BCUT2D eigenvalue weighted by Gasteiger charge is 2.19. The highest BCUT2D eigenvalue weighted by Crippen LogP contribution is 2.15. The van der Waals surface area contributed by atoms with Gasteiger partial charge in [0.2, 0.25) is 6.29 Å². The first kappa shape index (κ1) is 22.4. The molecule has 0 saturated carbocycles. The van der Waals surface area contributed by atoms with Gasteiger partial charge in [0.25, 0.3) is 0 Å². The monoisotopic (exact) mass is 338 g/mol. The zero-order valence-corrected chi connectivity index (χ0v) is 15.9. The molecule has 0 aliphatic rings. The Bertz CT molecular complexity index is 395. The van der Waals surface area contributed by atoms with E-state index in [0.717, 1.165) is 25.2 Å². The van der Waals surface area contributed by atoms with Crippen molar-refractivity contribution in [2.75, 3.05) is 0 Å². The summed E-state index contributed by atoms with van der Waals surface area (Å²) >= 11 is 0. The number of rotatable bonds is 13. The van der Waals surface area contributed by atoms with E-state index in [1.54, 1.807) is 13.8 Å². The lowest BCUT2D eigenvalue weighted by molar-refractivity contribution is -0.183. The molecule has 138 valence electrons. The van der Waals surface area contributed by atoms with Gasteiger partial charge < -0.3 is 9.47 Å². The Kier molecular flexibility index (Phi) is 12.0. The van der Waals surface area contributed by atoms with E-state index in [9.17, 15) is 9.59 Å². The van der Waals surface area contributed by atoms with Gasteiger partial charge in [0.15, 0.2) is 0 Å². The van der Waals surface area contributed by atoms with Crippen molar-refractivity contribution in [1.82, 2.24) is 0 Å². The minimum absolute atomic E-state index is 0.288. The van der Waals surface area contributed by atoms with Crippen molar-refractivity contribution in [3.63, 3.8) is 0 Å². The standard InChI is InChI=1S/C20H34O4/c1-15(2)13-11-9-7-8-10-12-14-18(23-19(21)16(3)4)24-20(22)17(5)6/h15,18H,3,5,7-14H2,1-2,4,6H3. The van der Waals surface area contributed by atoms with Gasteiger partial charge in [0.1, 0.15) is 0 Å². The molecule has 4 heteroatoms. The molecule has 0 aromatic heterocycles. The molecule has 0 atom stereocenters. The average Bonchev–Trinajstić information content (AvgIpc) is 2.48. The Morgan fingerprint density at radius 2 is 1.12 bits per heavy atom. The van der Waals surface area contributed by atoms with Crippen LogP contribution in [0.25, 0.3) is 0 Å². The number of esters is 2. The first-order valence-corrected chi connectivity index (χ1v) is 8.97. The first-order chi connectivity index (χ1) is 11.2. The van der Waals surface area contributed by atoms with Crippen LogP contribution < -0.4 is 0 Å². The summed E-state index contributed by atoms with van der Waals surface area (Å²) in [6.45, 7) is 14.7. The zero-order valence-electron chi connectivity index (χ0n) is 15.9. The summed E-state index contributed by atoms with van der Waals surface area (Å²) in [5.41, 5.74) is 0.577. The number of carbonyl (C=O) groups is 2. The first-order valence-electron chi connectivity index (χ1n) is 8.97. The van der Waals surface area contributed by atoms with Crippen LogP contribution in [0.15, 0.2) is 24.3 Å². The number of unbranched alkanes of at least 4 members (excludes halogenated alkanes) is 5. The van der Waals surface area contributed by atoms with Gasteiger partial charge in [0.05, 0.1) is 0 Å². The summed E-state index contributed by atoms with van der Waals surface area (Å²) in [5.74, 6) is -0.303. The van der Waals surface area contributed by atoms with Crippen molar-refractivity contribution in [2.45, 2.75) is 85.4 Å². The lowest BCUT2D eigenvalue weighted by Gasteiger charge is -2.18. The molecule has 0 aliphatic heterocycles. The Balaban J connectivity index is 4.08. The minimum atomic E-state index is -0.862. The predicted octanol–water partition coefficient (Wildman–Crippen LogP) is 5.33. The lowest BCUT2D eigenvalue weighted by Crippen LogP contribution is -2.25. The van der Waals surface area contributed by atoms with Gasteiger partial charge in [-0.15, -0.1) is 0 Å². The topological polar surface area (TPSA) is 52.6 Å². The Morgan fingerprint density at radius 1 is 0.750 bits per heavy atom. The summed E-state index contributed by atoms with van der Waals surface area (Å²) in [7, 11) is 0. The normalized spacial score (nSPS) is 10.8. The second kappa shape index (κ2) is 12.8. The largest absolute Gasteiger partial charge is 0.422 e. The van der Waals surface area contributed by atoms with Crippen molar-refractivity contribution >= 4 is 11.9 Å². The third kappa shape index (κ3) is 11.9. The molecular formula is C20H34O4. The van der Waals surface area contributed by atoms with Crippen LogP contribution in [0.5, 0.6) is 0 Å². The van der Waals surface area contributed by atoms with Crippen molar-refractivity contribution < 1.29 is 19.1 Å². The molecule has 0 amide bonds. The fourth-order valence-electron chi connectivity index (χ4n) is 2.15. The summed E-state index contributed by atoms with van der Waals surface area (Å²) in [4.78, 5) is 23.3. The smallest absolute Gasteiger partial charge is 0.336 e. The van der Waals surface area contributed by atoms with E-state index >= 15 is 0 Å². The maximum Gasteiger partial charge on any atom is 0.336 e. The molecule has 0 fully saturated rings. The van der Waals surface area contributed by atoms with Crippen LogP contribution in [0.4, 0.5) is 0 Å². The van der Waals surface area contributed by atoms with E-state index in [1.807, 2.05) is 0 Å². The van der Waals surface area contributed by atoms with Crippen molar-refractivity contribution in [1.29, 1.82) is 0 Å². The fraction of sp³-hybridized carbons (Fsp3) is 0.700. The maximum absolute atomic E-state index is 11.6. The SMILES string of the molecule is C=C(C)C(=O)OC(CCCCCCCCC(C)C)OC(=O)C(=C)C. The van der Waals surface area contributed by atoms with Crippen LogP contribution in [-0.4, -0.2) is 18.2 Å². The molecule has 24 heavy (non-hydrogen) atoms. The van der Waals surface area contributed by atoms with E-state index in [1.165, 1.54) is 25.7 Å². The van der Waals surface area contributed by atoms with Crippen LogP contribution in [0.1, 0.15) is 79.1 Å². The summed E-state index contributed by atoms with van der Waals surface area (Å²) in [6, 6.07) is 0. The molecule has 0 rings (SSSR count). The van der Waals surface area contributed by atoms with Gasteiger partial charge in [-0.05, 0) is 26.2 Å². The molecule has 0 N–H and O–H groups in total. The van der Waals surface area contributed by atoms with Gasteiger partial charge in [-0.25, -0.2) is 9.59 Å². The highest BCUT2D eigenvalue weighted by molar-refractivity contribution is 5.88. The number of ether oxygens (including phenoxy) is 2. The Hall–Kier alpha value is -1.58. The van der Waals surface area contributed by atoms with E-state index in [2.05, 4.69) is 27.0 Å². The van der Waals surface area contributed by atoms with Crippen LogP contribution >= 0.6 is 0 Å². The lowest BCUT2D eigenvalue weighted by atomic mass is 10.0. The summed E-state index contributed by atoms with van der Waals surface area (Å²) in [6.07, 6.45) is 7.72. The van der Waals surface area contributed by atoms with Gasteiger partial charge in [-0.2, -0.15) is 0 Å². The Morgan fingerprint density at radius 3 is 1.50 bits per heavy atom. The van der Waals surface area contributed by atoms with Gasteiger partial charge in [-0.3, -0.25) is 0 Å². The molecule has 0 radical (unpaired) electrons. The van der Waals surface area contributed by atoms with Gasteiger partial charge >= 0.3 is 11.9 Å². The molecule has 0 bridgehead atoms. The van der Waals surface area contributed by atoms with Crippen LogP contribution in [0.2, 0.25) is 0 Å². The summed E-state index contributed by atoms with van der Waals surface area (Å²) in [5, 5.41) is 0. The number of hydrogen-bond donors (Lipinski definition) is 0. The predicted molar refractivity (Wildman–Crippen MR) is 97.4 cm³/mol. The van der Waals surface area contributed by atoms with E-state index in [4.69, 9.17) is 9.47 Å². The zero-order chi connectivity index (χ0) is 18.5. The second-order valence-electron chi connectivity index (χ2n) is 6.89. The Labute approximate surface area is 147 Å². The number of hydrogen-bond acceptors (Lipinski definition) is 4. The van der Waals surface area contributed by atoms with Crippen molar-refractivity contribution in [3.05, 3.63) is 24.3 Å². The van der Waals surface area contributed by atoms with Crippen molar-refractivity contribution in [3.8, 4) is 0 Å². The molecule has 0 spiro atoms. The molecule has 0 aliphatic carbocycles. The molecule has 0 aromatic carbocycles. The van der Waals surface area contributed by atoms with Crippen LogP contribution in [0, 0.1) is 5.92 Å². The fourth-order valence-corrected chi connectivity index (χ4v) is 2.15. The van der Waals surface area contributed by atoms with Crippen LogP contribution in [0.3, 0.4) is 0 Å². The molecule has 0 heterocycles. The van der Waals surface area contributed by atoms with E-state index in [-0.39, 0.29) is 11.1 Å². The third-order valence-corrected chi connectivity index (χ3v) is 3.65. The van der Waals surface area contributed by atoms with Gasteiger partial charge in [-0.1, -0.05) is 65.5 Å². The molecular weight excluding hydrogens is 304 g/mol. The highest BCUT2D eigenvalue weighted by atomic mass is 16.7. The van der Waals surface area contributed by atoms with E-state index < -0.39 is 18.2 Å². The number of carbonyl (C=O) groups excluding carboxylic acids is 2. The average molecular weight is 338 g/mol. The van der Waals surface area contributed by atoms with Crippen LogP contribution in [-0.2, 0) is 19.1 Å². The quantitative estimate of drug-likeness (QED) is 0.197. The second-order valence-corrected chi connectivity index (χ2v) is 6.89. The molecule has 4 nitrogen and oxygen atoms in total. The van der Waals surface area contributed by atoms with E-state index in [0.29, 0.717) is 6.42 Å². The maximum atomic E-state index is 11.6. The van der Waals surface area contributed by atoms with Crippen molar-refractivity contribution in [2.24, 2.45) is 5.92 Å². The molecule has 0 saturated heterocycles. The molecule has 0 unspecified atom stereocenters. The third-order valence-electron chi connectivity index (χ3n) is 3.65. The minimum Gasteiger partial charge on any atom is -0.422 e. The summed E-state index contributed by atoms with van der Waals surface area (Å²) < 4.78 is 10.4.